The van der Waals surface area contributed by atoms with E-state index in [1.54, 1.807) is 0 Å². The highest BCUT2D eigenvalue weighted by atomic mass is 15.2. The summed E-state index contributed by atoms with van der Waals surface area (Å²) in [6, 6.07) is 21.8. The Labute approximate surface area is 208 Å². The zero-order valence-corrected chi connectivity index (χ0v) is 21.8. The predicted molar refractivity (Wildman–Crippen MR) is 149 cm³/mol. The van der Waals surface area contributed by atoms with Gasteiger partial charge in [-0.25, -0.2) is 0 Å². The Bertz CT molecular complexity index is 1480. The number of anilines is 3. The molecule has 5 rings (SSSR count). The molecule has 0 radical (unpaired) electrons. The maximum atomic E-state index is 4.85. The number of para-hydroxylation sites is 2. The van der Waals surface area contributed by atoms with Crippen LogP contribution >= 0.6 is 0 Å². The van der Waals surface area contributed by atoms with Gasteiger partial charge >= 0.3 is 0 Å². The van der Waals surface area contributed by atoms with Gasteiger partial charge in [-0.15, -0.1) is 0 Å². The van der Waals surface area contributed by atoms with Crippen LogP contribution in [-0.4, -0.2) is 9.97 Å². The molecule has 2 heterocycles. The lowest BCUT2D eigenvalue weighted by atomic mass is 9.90. The number of hydrogen-bond acceptors (Lipinski definition) is 3. The smallest absolute Gasteiger partial charge is 0.0816 e. The molecule has 0 fully saturated rings. The number of aryl methyl sites for hydroxylation is 4. The molecule has 3 heteroatoms. The van der Waals surface area contributed by atoms with E-state index in [4.69, 9.17) is 9.97 Å². The molecule has 0 aliphatic heterocycles. The van der Waals surface area contributed by atoms with Gasteiger partial charge in [-0.2, -0.15) is 0 Å². The maximum Gasteiger partial charge on any atom is 0.0816 e. The molecule has 0 unspecified atom stereocenters. The minimum absolute atomic E-state index is 0.0000504. The third-order valence-electron chi connectivity index (χ3n) is 6.92. The number of aromatic nitrogens is 2. The van der Waals surface area contributed by atoms with Gasteiger partial charge in [0.05, 0.1) is 22.6 Å². The third-order valence-corrected chi connectivity index (χ3v) is 6.92. The number of fused-ring (bicyclic) bond motifs is 3. The fraction of sp³-hybridized carbons (Fsp3) is 0.250. The van der Waals surface area contributed by atoms with E-state index in [9.17, 15) is 0 Å². The Balaban J connectivity index is 1.85. The van der Waals surface area contributed by atoms with Crippen LogP contribution in [0.2, 0.25) is 0 Å². The van der Waals surface area contributed by atoms with E-state index in [0.717, 1.165) is 27.7 Å². The molecule has 35 heavy (non-hydrogen) atoms. The number of rotatable bonds is 3. The molecule has 0 atom stereocenters. The van der Waals surface area contributed by atoms with Gasteiger partial charge < -0.3 is 4.90 Å². The highest BCUT2D eigenvalue weighted by Gasteiger charge is 2.23. The van der Waals surface area contributed by atoms with E-state index in [-0.39, 0.29) is 5.41 Å². The Kier molecular flexibility index (Phi) is 5.59. The lowest BCUT2D eigenvalue weighted by Gasteiger charge is -2.32. The second-order valence-corrected chi connectivity index (χ2v) is 10.6. The topological polar surface area (TPSA) is 29.0 Å². The monoisotopic (exact) mass is 459 g/mol. The SMILES string of the molecule is Cc1cccc(C)c1N(c1c(C)cccc1C)c1ccnc2c1ccc1cc(C(C)(C)C)ncc12. The van der Waals surface area contributed by atoms with Crippen LogP contribution in [0.1, 0.15) is 48.7 Å². The second kappa shape index (κ2) is 8.49. The zero-order chi connectivity index (χ0) is 24.9. The summed E-state index contributed by atoms with van der Waals surface area (Å²) in [5, 5.41) is 3.38. The average Bonchev–Trinajstić information content (AvgIpc) is 2.81. The first kappa shape index (κ1) is 23.0. The first-order valence-corrected chi connectivity index (χ1v) is 12.3. The molecule has 0 aliphatic carbocycles. The van der Waals surface area contributed by atoms with E-state index in [1.807, 2.05) is 12.4 Å². The molecule has 0 saturated heterocycles. The van der Waals surface area contributed by atoms with E-state index in [2.05, 4.69) is 114 Å². The van der Waals surface area contributed by atoms with Gasteiger partial charge in [0.25, 0.3) is 0 Å². The Hall–Kier alpha value is -3.72. The van der Waals surface area contributed by atoms with Gasteiger partial charge in [-0.1, -0.05) is 69.3 Å². The van der Waals surface area contributed by atoms with Crippen LogP contribution in [0.5, 0.6) is 0 Å². The largest absolute Gasteiger partial charge is 0.309 e. The minimum Gasteiger partial charge on any atom is -0.309 e. The van der Waals surface area contributed by atoms with E-state index in [0.29, 0.717) is 0 Å². The van der Waals surface area contributed by atoms with Crippen LogP contribution in [0.4, 0.5) is 17.1 Å². The van der Waals surface area contributed by atoms with Crippen LogP contribution in [0.25, 0.3) is 21.7 Å². The number of nitrogens with zero attached hydrogens (tertiary/aromatic N) is 3. The molecule has 0 N–H and O–H groups in total. The lowest BCUT2D eigenvalue weighted by molar-refractivity contribution is 0.570. The van der Waals surface area contributed by atoms with Crippen molar-refractivity contribution in [1.82, 2.24) is 9.97 Å². The van der Waals surface area contributed by atoms with Crippen LogP contribution in [0.15, 0.2) is 73.1 Å². The Morgan fingerprint density at radius 3 is 1.77 bits per heavy atom. The van der Waals surface area contributed by atoms with Crippen molar-refractivity contribution in [2.45, 2.75) is 53.9 Å². The number of benzene rings is 3. The summed E-state index contributed by atoms with van der Waals surface area (Å²) in [6.07, 6.45) is 3.93. The zero-order valence-electron chi connectivity index (χ0n) is 21.8. The molecule has 176 valence electrons. The van der Waals surface area contributed by atoms with Crippen molar-refractivity contribution in [3.05, 3.63) is 101 Å². The standard InChI is InChI=1S/C32H33N3/c1-20-10-8-11-21(2)30(20)35(31-22(3)12-9-13-23(31)4)27-16-17-33-29-25(27)15-14-24-18-28(32(5,6)7)34-19-26(24)29/h8-19H,1-7H3. The van der Waals surface area contributed by atoms with Gasteiger partial charge in [-0.05, 0) is 67.5 Å². The Morgan fingerprint density at radius 1 is 0.657 bits per heavy atom. The van der Waals surface area contributed by atoms with Crippen molar-refractivity contribution < 1.29 is 0 Å². The van der Waals surface area contributed by atoms with Crippen LogP contribution < -0.4 is 4.90 Å². The van der Waals surface area contributed by atoms with E-state index >= 15 is 0 Å². The van der Waals surface area contributed by atoms with Crippen LogP contribution in [0, 0.1) is 27.7 Å². The molecule has 3 nitrogen and oxygen atoms in total. The highest BCUT2D eigenvalue weighted by molar-refractivity contribution is 6.10. The van der Waals surface area contributed by atoms with E-state index in [1.165, 1.54) is 39.0 Å². The van der Waals surface area contributed by atoms with Crippen molar-refractivity contribution in [1.29, 1.82) is 0 Å². The summed E-state index contributed by atoms with van der Waals surface area (Å²) in [5.74, 6) is 0. The van der Waals surface area contributed by atoms with E-state index < -0.39 is 0 Å². The van der Waals surface area contributed by atoms with Gasteiger partial charge in [0.15, 0.2) is 0 Å². The molecule has 5 aromatic rings. The van der Waals surface area contributed by atoms with Crippen LogP contribution in [-0.2, 0) is 5.41 Å². The first-order valence-electron chi connectivity index (χ1n) is 12.3. The summed E-state index contributed by atoms with van der Waals surface area (Å²) in [5.41, 5.74) is 10.6. The molecule has 0 spiro atoms. The number of pyridine rings is 2. The molecule has 0 aliphatic rings. The van der Waals surface area contributed by atoms with Gasteiger partial charge in [0, 0.05) is 34.3 Å². The highest BCUT2D eigenvalue weighted by Crippen LogP contribution is 2.44. The minimum atomic E-state index is -0.0000504. The van der Waals surface area contributed by atoms with Gasteiger partial charge in [0.1, 0.15) is 0 Å². The summed E-state index contributed by atoms with van der Waals surface area (Å²) in [7, 11) is 0. The van der Waals surface area contributed by atoms with Crippen LogP contribution in [0.3, 0.4) is 0 Å². The van der Waals surface area contributed by atoms with Crippen molar-refractivity contribution in [3.8, 4) is 0 Å². The fourth-order valence-electron chi connectivity index (χ4n) is 5.10. The second-order valence-electron chi connectivity index (χ2n) is 10.6. The normalized spacial score (nSPS) is 11.9. The molecule has 2 aromatic heterocycles. The van der Waals surface area contributed by atoms with Crippen molar-refractivity contribution in [2.75, 3.05) is 4.90 Å². The van der Waals surface area contributed by atoms with Gasteiger partial charge in [0.2, 0.25) is 0 Å². The van der Waals surface area contributed by atoms with Crippen molar-refractivity contribution in [2.24, 2.45) is 0 Å². The summed E-state index contributed by atoms with van der Waals surface area (Å²) >= 11 is 0. The summed E-state index contributed by atoms with van der Waals surface area (Å²) in [6.45, 7) is 15.4. The van der Waals surface area contributed by atoms with Crippen molar-refractivity contribution in [3.63, 3.8) is 0 Å². The van der Waals surface area contributed by atoms with Crippen molar-refractivity contribution >= 4 is 38.7 Å². The summed E-state index contributed by atoms with van der Waals surface area (Å²) in [4.78, 5) is 12.1. The average molecular weight is 460 g/mol. The number of hydrogen-bond donors (Lipinski definition) is 0. The molecular weight excluding hydrogens is 426 g/mol. The quantitative estimate of drug-likeness (QED) is 0.252. The molecule has 0 amide bonds. The lowest BCUT2D eigenvalue weighted by Crippen LogP contribution is -2.16. The Morgan fingerprint density at radius 2 is 1.23 bits per heavy atom. The molecule has 3 aromatic carbocycles. The third kappa shape index (κ3) is 3.95. The fourth-order valence-corrected chi connectivity index (χ4v) is 5.10. The maximum absolute atomic E-state index is 4.85. The molecular formula is C32H33N3. The molecule has 0 bridgehead atoms. The first-order chi connectivity index (χ1) is 16.7. The molecule has 0 saturated carbocycles. The van der Waals surface area contributed by atoms with Gasteiger partial charge in [-0.3, -0.25) is 9.97 Å². The predicted octanol–water partition coefficient (Wildman–Crippen LogP) is 8.78. The summed E-state index contributed by atoms with van der Waals surface area (Å²) < 4.78 is 0.